The minimum atomic E-state index is -0.248. The second kappa shape index (κ2) is 7.00. The Bertz CT molecular complexity index is 563. The molecule has 0 aliphatic heterocycles. The lowest BCUT2D eigenvalue weighted by molar-refractivity contribution is 0.224. The molecule has 0 aliphatic rings. The Hall–Kier alpha value is -1.19. The Labute approximate surface area is 127 Å². The molecule has 20 heavy (non-hydrogen) atoms. The number of aliphatic hydroxyl groups excluding tert-OH is 1. The van der Waals surface area contributed by atoms with Crippen LogP contribution in [0.25, 0.3) is 0 Å². The average molecular weight is 337 g/mol. The van der Waals surface area contributed by atoms with Crippen molar-refractivity contribution in [1.29, 1.82) is 0 Å². The quantitative estimate of drug-likeness (QED) is 0.863. The number of hydrogen-bond acceptors (Lipinski definition) is 1. The molecular weight excluding hydrogens is 319 g/mol. The molecule has 106 valence electrons. The summed E-state index contributed by atoms with van der Waals surface area (Å²) in [4.78, 5) is 0. The summed E-state index contributed by atoms with van der Waals surface area (Å²) < 4.78 is 14.1. The maximum atomic E-state index is 13.4. The highest BCUT2D eigenvalue weighted by atomic mass is 79.9. The molecule has 1 N–H and O–H groups in total. The lowest BCUT2D eigenvalue weighted by Crippen LogP contribution is -2.13. The zero-order chi connectivity index (χ0) is 14.5. The van der Waals surface area contributed by atoms with Crippen LogP contribution >= 0.6 is 15.9 Å². The summed E-state index contributed by atoms with van der Waals surface area (Å²) in [7, 11) is 0. The van der Waals surface area contributed by atoms with E-state index >= 15 is 0 Å². The Balaban J connectivity index is 2.11. The molecule has 0 aliphatic carbocycles. The van der Waals surface area contributed by atoms with Crippen LogP contribution in [0.3, 0.4) is 0 Å². The number of aliphatic hydroxyl groups is 1. The van der Waals surface area contributed by atoms with Crippen LogP contribution in [0.1, 0.15) is 16.7 Å². The van der Waals surface area contributed by atoms with Gasteiger partial charge in [-0.3, -0.25) is 0 Å². The second-order valence-electron chi connectivity index (χ2n) is 5.16. The van der Waals surface area contributed by atoms with Crippen molar-refractivity contribution >= 4 is 15.9 Å². The molecule has 0 amide bonds. The monoisotopic (exact) mass is 336 g/mol. The summed E-state index contributed by atoms with van der Waals surface area (Å²) in [5.74, 6) is -0.147. The first-order valence-electron chi connectivity index (χ1n) is 6.69. The predicted molar refractivity (Wildman–Crippen MR) is 83.3 cm³/mol. The van der Waals surface area contributed by atoms with Gasteiger partial charge < -0.3 is 5.11 Å². The van der Waals surface area contributed by atoms with Gasteiger partial charge in [-0.15, -0.1) is 0 Å². The molecule has 2 aromatic rings. The van der Waals surface area contributed by atoms with E-state index in [1.165, 1.54) is 23.3 Å². The van der Waals surface area contributed by atoms with Crippen molar-refractivity contribution in [1.82, 2.24) is 0 Å². The van der Waals surface area contributed by atoms with E-state index in [0.717, 1.165) is 16.5 Å². The molecule has 2 rings (SSSR count). The van der Waals surface area contributed by atoms with Gasteiger partial charge in [-0.05, 0) is 60.6 Å². The number of halogens is 2. The van der Waals surface area contributed by atoms with E-state index in [1.807, 2.05) is 18.2 Å². The van der Waals surface area contributed by atoms with Gasteiger partial charge in [0.15, 0.2) is 0 Å². The largest absolute Gasteiger partial charge is 0.396 e. The van der Waals surface area contributed by atoms with Gasteiger partial charge >= 0.3 is 0 Å². The van der Waals surface area contributed by atoms with E-state index in [-0.39, 0.29) is 18.3 Å². The van der Waals surface area contributed by atoms with Crippen molar-refractivity contribution in [2.45, 2.75) is 19.8 Å². The summed E-state index contributed by atoms with van der Waals surface area (Å²) in [6.45, 7) is 2.17. The van der Waals surface area contributed by atoms with Crippen LogP contribution < -0.4 is 0 Å². The van der Waals surface area contributed by atoms with Gasteiger partial charge in [-0.1, -0.05) is 40.2 Å². The lowest BCUT2D eigenvalue weighted by Gasteiger charge is -2.16. The van der Waals surface area contributed by atoms with Crippen LogP contribution in [-0.2, 0) is 12.8 Å². The van der Waals surface area contributed by atoms with Crippen molar-refractivity contribution in [2.24, 2.45) is 5.92 Å². The molecule has 0 saturated carbocycles. The van der Waals surface area contributed by atoms with Crippen LogP contribution in [0.4, 0.5) is 4.39 Å². The maximum absolute atomic E-state index is 13.4. The summed E-state index contributed by atoms with van der Waals surface area (Å²) in [5, 5.41) is 9.57. The number of benzene rings is 2. The highest BCUT2D eigenvalue weighted by Gasteiger charge is 2.12. The molecule has 1 nitrogen and oxygen atoms in total. The fraction of sp³-hybridized carbons (Fsp3) is 0.294. The van der Waals surface area contributed by atoms with Crippen molar-refractivity contribution in [2.75, 3.05) is 6.61 Å². The van der Waals surface area contributed by atoms with E-state index in [2.05, 4.69) is 35.0 Å². The van der Waals surface area contributed by atoms with E-state index in [0.29, 0.717) is 6.42 Å². The molecule has 0 fully saturated rings. The van der Waals surface area contributed by atoms with E-state index in [4.69, 9.17) is 0 Å². The van der Waals surface area contributed by atoms with Gasteiger partial charge in [-0.25, -0.2) is 4.39 Å². The summed E-state index contributed by atoms with van der Waals surface area (Å²) in [5.41, 5.74) is 3.37. The zero-order valence-corrected chi connectivity index (χ0v) is 13.0. The Morgan fingerprint density at radius 2 is 1.90 bits per heavy atom. The standard InChI is InChI=1S/C17H18BrFO/c1-12-4-2-3-5-15(12)7-14(11-20)6-13-8-16(18)10-17(19)9-13/h2-5,8-10,14,20H,6-7,11H2,1H3. The van der Waals surface area contributed by atoms with Crippen molar-refractivity contribution < 1.29 is 9.50 Å². The van der Waals surface area contributed by atoms with Gasteiger partial charge in [0, 0.05) is 11.1 Å². The minimum absolute atomic E-state index is 0.0997. The molecule has 3 heteroatoms. The first-order chi connectivity index (χ1) is 9.58. The third-order valence-electron chi connectivity index (χ3n) is 3.47. The van der Waals surface area contributed by atoms with Crippen molar-refractivity contribution in [3.05, 3.63) is 69.4 Å². The molecule has 0 aromatic heterocycles. The van der Waals surface area contributed by atoms with Gasteiger partial charge in [-0.2, -0.15) is 0 Å². The fourth-order valence-corrected chi connectivity index (χ4v) is 2.93. The third-order valence-corrected chi connectivity index (χ3v) is 3.93. The van der Waals surface area contributed by atoms with Crippen LogP contribution in [0, 0.1) is 18.7 Å². The van der Waals surface area contributed by atoms with Gasteiger partial charge in [0.25, 0.3) is 0 Å². The molecular formula is C17H18BrFO. The Morgan fingerprint density at radius 1 is 1.15 bits per heavy atom. The SMILES string of the molecule is Cc1ccccc1CC(CO)Cc1cc(F)cc(Br)c1. The summed E-state index contributed by atoms with van der Waals surface area (Å²) in [6.07, 6.45) is 1.47. The zero-order valence-electron chi connectivity index (χ0n) is 11.4. The summed E-state index contributed by atoms with van der Waals surface area (Å²) >= 11 is 3.30. The highest BCUT2D eigenvalue weighted by molar-refractivity contribution is 9.10. The fourth-order valence-electron chi connectivity index (χ4n) is 2.41. The topological polar surface area (TPSA) is 20.2 Å². The van der Waals surface area contributed by atoms with E-state index in [9.17, 15) is 9.50 Å². The van der Waals surface area contributed by atoms with Crippen LogP contribution in [0.2, 0.25) is 0 Å². The third kappa shape index (κ3) is 4.15. The van der Waals surface area contributed by atoms with Gasteiger partial charge in [0.1, 0.15) is 5.82 Å². The van der Waals surface area contributed by atoms with Crippen LogP contribution in [-0.4, -0.2) is 11.7 Å². The first kappa shape index (κ1) is 15.2. The molecule has 1 atom stereocenters. The maximum Gasteiger partial charge on any atom is 0.124 e. The minimum Gasteiger partial charge on any atom is -0.396 e. The molecule has 0 saturated heterocycles. The van der Waals surface area contributed by atoms with E-state index in [1.54, 1.807) is 0 Å². The summed E-state index contributed by atoms with van der Waals surface area (Å²) in [6, 6.07) is 13.1. The number of rotatable bonds is 5. The van der Waals surface area contributed by atoms with Crippen LogP contribution in [0.5, 0.6) is 0 Å². The molecule has 1 unspecified atom stereocenters. The smallest absolute Gasteiger partial charge is 0.124 e. The highest BCUT2D eigenvalue weighted by Crippen LogP contribution is 2.20. The molecule has 0 bridgehead atoms. The molecule has 0 heterocycles. The van der Waals surface area contributed by atoms with Gasteiger partial charge in [0.05, 0.1) is 0 Å². The van der Waals surface area contributed by atoms with E-state index < -0.39 is 0 Å². The first-order valence-corrected chi connectivity index (χ1v) is 7.48. The number of aryl methyl sites for hydroxylation is 1. The Morgan fingerprint density at radius 3 is 2.55 bits per heavy atom. The molecule has 0 spiro atoms. The van der Waals surface area contributed by atoms with Crippen molar-refractivity contribution in [3.63, 3.8) is 0 Å². The molecule has 0 radical (unpaired) electrons. The predicted octanol–water partition coefficient (Wildman–Crippen LogP) is 4.29. The van der Waals surface area contributed by atoms with Crippen LogP contribution in [0.15, 0.2) is 46.9 Å². The number of hydrogen-bond donors (Lipinski definition) is 1. The Kier molecular flexibility index (Phi) is 5.32. The second-order valence-corrected chi connectivity index (χ2v) is 6.08. The van der Waals surface area contributed by atoms with Crippen molar-refractivity contribution in [3.8, 4) is 0 Å². The molecule has 2 aromatic carbocycles. The average Bonchev–Trinajstić information content (AvgIpc) is 2.39. The normalized spacial score (nSPS) is 12.4. The lowest BCUT2D eigenvalue weighted by atomic mass is 9.91. The van der Waals surface area contributed by atoms with Gasteiger partial charge in [0.2, 0.25) is 0 Å².